The van der Waals surface area contributed by atoms with Gasteiger partial charge in [0.1, 0.15) is 6.17 Å². The number of piperidine rings is 1. The van der Waals surface area contributed by atoms with Crippen molar-refractivity contribution in [3.05, 3.63) is 52.3 Å². The molecule has 1 aromatic rings. The van der Waals surface area contributed by atoms with Gasteiger partial charge in [0, 0.05) is 36.9 Å². The standard InChI is InChI=1S/C24H32ClN7O3S/c1-15-11-22-27-20(14-32(22)28-23(15)30-10-8-17(26)13-30)21-5-3-4-9-31(21)24(33)18-12-16(25)6-7-19(18)29-36(2,34)35/h6-7,11-12,14,17,21-22,27,29H,3-5,8-10,13,26H2,1-2H3/t17-,21-,22?/m0/s1. The van der Waals surface area contributed by atoms with E-state index in [2.05, 4.69) is 27.9 Å². The molecule has 5 rings (SSSR count). The van der Waals surface area contributed by atoms with Crippen molar-refractivity contribution in [3.63, 3.8) is 0 Å². The lowest BCUT2D eigenvalue weighted by Crippen LogP contribution is -2.48. The molecule has 2 saturated heterocycles. The zero-order valence-electron chi connectivity index (χ0n) is 20.4. The molecule has 0 saturated carbocycles. The van der Waals surface area contributed by atoms with Crippen molar-refractivity contribution >= 4 is 39.1 Å². The Bertz CT molecular complexity index is 1260. The Morgan fingerprint density at radius 3 is 2.78 bits per heavy atom. The molecule has 0 aliphatic carbocycles. The summed E-state index contributed by atoms with van der Waals surface area (Å²) in [7, 11) is -3.57. The third-order valence-electron chi connectivity index (χ3n) is 7.00. The van der Waals surface area contributed by atoms with Crippen molar-refractivity contribution in [1.29, 1.82) is 0 Å². The number of hydrazone groups is 1. The number of nitrogens with two attached hydrogens (primary N) is 1. The quantitative estimate of drug-likeness (QED) is 0.541. The molecule has 36 heavy (non-hydrogen) atoms. The number of carbonyl (C=O) groups excluding carboxylic acids is 1. The highest BCUT2D eigenvalue weighted by Gasteiger charge is 2.37. The summed E-state index contributed by atoms with van der Waals surface area (Å²) in [6.07, 6.45) is 8.67. The van der Waals surface area contributed by atoms with E-state index < -0.39 is 10.0 Å². The number of rotatable bonds is 4. The fourth-order valence-electron chi connectivity index (χ4n) is 5.32. The van der Waals surface area contributed by atoms with Gasteiger partial charge >= 0.3 is 0 Å². The largest absolute Gasteiger partial charge is 0.361 e. The van der Waals surface area contributed by atoms with E-state index in [1.807, 2.05) is 11.2 Å². The van der Waals surface area contributed by atoms with E-state index in [1.54, 1.807) is 11.0 Å². The molecule has 1 amide bonds. The summed E-state index contributed by atoms with van der Waals surface area (Å²) < 4.78 is 26.2. The van der Waals surface area contributed by atoms with Crippen LogP contribution in [-0.4, -0.2) is 79.1 Å². The first-order chi connectivity index (χ1) is 17.1. The van der Waals surface area contributed by atoms with Gasteiger partial charge in [0.2, 0.25) is 10.0 Å². The second-order valence-electron chi connectivity index (χ2n) is 9.90. The number of hydrogen-bond acceptors (Lipinski definition) is 8. The third-order valence-corrected chi connectivity index (χ3v) is 7.82. The van der Waals surface area contributed by atoms with Gasteiger partial charge in [-0.05, 0) is 62.5 Å². The summed E-state index contributed by atoms with van der Waals surface area (Å²) >= 11 is 6.20. The molecule has 1 aromatic carbocycles. The summed E-state index contributed by atoms with van der Waals surface area (Å²) in [6.45, 7) is 4.31. The summed E-state index contributed by atoms with van der Waals surface area (Å²) in [6, 6.07) is 4.59. The Labute approximate surface area is 216 Å². The highest BCUT2D eigenvalue weighted by Crippen LogP contribution is 2.32. The van der Waals surface area contributed by atoms with Gasteiger partial charge in [-0.15, -0.1) is 0 Å². The number of sulfonamides is 1. The number of benzene rings is 1. The van der Waals surface area contributed by atoms with Gasteiger partial charge in [-0.3, -0.25) is 9.52 Å². The molecule has 4 aliphatic heterocycles. The minimum Gasteiger partial charge on any atom is -0.361 e. The number of hydrogen-bond donors (Lipinski definition) is 3. The summed E-state index contributed by atoms with van der Waals surface area (Å²) in [5.74, 6) is 0.674. The van der Waals surface area contributed by atoms with E-state index in [9.17, 15) is 13.2 Å². The van der Waals surface area contributed by atoms with Crippen LogP contribution in [0.3, 0.4) is 0 Å². The van der Waals surface area contributed by atoms with Crippen molar-refractivity contribution in [2.75, 3.05) is 30.6 Å². The van der Waals surface area contributed by atoms with Crippen molar-refractivity contribution in [2.45, 2.75) is 50.9 Å². The summed E-state index contributed by atoms with van der Waals surface area (Å²) in [5, 5.41) is 10.7. The minimum atomic E-state index is -3.57. The maximum atomic E-state index is 13.8. The number of amides is 1. The monoisotopic (exact) mass is 533 g/mol. The van der Waals surface area contributed by atoms with Gasteiger partial charge in [0.25, 0.3) is 5.91 Å². The second-order valence-corrected chi connectivity index (χ2v) is 12.1. The lowest BCUT2D eigenvalue weighted by molar-refractivity contribution is 0.0647. The number of anilines is 1. The number of halogens is 1. The molecule has 4 aliphatic rings. The Balaban J connectivity index is 1.41. The van der Waals surface area contributed by atoms with Gasteiger partial charge in [0.15, 0.2) is 5.84 Å². The van der Waals surface area contributed by atoms with Crippen LogP contribution in [0, 0.1) is 0 Å². The summed E-state index contributed by atoms with van der Waals surface area (Å²) in [4.78, 5) is 17.8. The first kappa shape index (κ1) is 24.9. The normalized spacial score (nSPS) is 26.2. The van der Waals surface area contributed by atoms with E-state index in [4.69, 9.17) is 22.4 Å². The number of fused-ring (bicyclic) bond motifs is 1. The maximum Gasteiger partial charge on any atom is 0.256 e. The van der Waals surface area contributed by atoms with Crippen molar-refractivity contribution < 1.29 is 13.2 Å². The van der Waals surface area contributed by atoms with Crippen LogP contribution in [-0.2, 0) is 10.0 Å². The van der Waals surface area contributed by atoms with Gasteiger partial charge in [0.05, 0.1) is 29.2 Å². The molecule has 3 atom stereocenters. The topological polar surface area (TPSA) is 123 Å². The van der Waals surface area contributed by atoms with Crippen molar-refractivity contribution in [3.8, 4) is 0 Å². The smallest absolute Gasteiger partial charge is 0.256 e. The Hall–Kier alpha value is -2.76. The van der Waals surface area contributed by atoms with E-state index in [0.29, 0.717) is 11.6 Å². The van der Waals surface area contributed by atoms with Crippen LogP contribution in [0.25, 0.3) is 0 Å². The van der Waals surface area contributed by atoms with Crippen LogP contribution in [0.15, 0.2) is 46.8 Å². The average Bonchev–Trinajstić information content (AvgIpc) is 3.44. The van der Waals surface area contributed by atoms with Crippen molar-refractivity contribution in [2.24, 2.45) is 10.8 Å². The van der Waals surface area contributed by atoms with Gasteiger partial charge in [-0.2, -0.15) is 5.10 Å². The molecule has 0 bridgehead atoms. The molecule has 1 unspecified atom stereocenters. The van der Waals surface area contributed by atoms with E-state index in [-0.39, 0.29) is 35.4 Å². The van der Waals surface area contributed by atoms with Crippen LogP contribution in [0.1, 0.15) is 43.0 Å². The van der Waals surface area contributed by atoms with Gasteiger partial charge < -0.3 is 20.9 Å². The minimum absolute atomic E-state index is 0.118. The average molecular weight is 534 g/mol. The first-order valence-corrected chi connectivity index (χ1v) is 14.5. The summed E-state index contributed by atoms with van der Waals surface area (Å²) in [5.41, 5.74) is 8.58. The molecular formula is C24H32ClN7O3S. The number of likely N-dealkylation sites (tertiary alicyclic amines) is 2. The lowest BCUT2D eigenvalue weighted by atomic mass is 9.98. The number of carbonyl (C=O) groups is 1. The predicted octanol–water partition coefficient (Wildman–Crippen LogP) is 2.09. The number of amidine groups is 1. The maximum absolute atomic E-state index is 13.8. The zero-order valence-corrected chi connectivity index (χ0v) is 22.0. The number of nitrogens with one attached hydrogen (secondary N) is 2. The predicted molar refractivity (Wildman–Crippen MR) is 141 cm³/mol. The Morgan fingerprint density at radius 1 is 1.25 bits per heavy atom. The van der Waals surface area contributed by atoms with Crippen molar-refractivity contribution in [1.82, 2.24) is 20.1 Å². The fourth-order valence-corrected chi connectivity index (χ4v) is 6.06. The molecule has 4 N–H and O–H groups in total. The molecular weight excluding hydrogens is 502 g/mol. The van der Waals surface area contributed by atoms with E-state index >= 15 is 0 Å². The Kier molecular flexibility index (Phi) is 6.65. The van der Waals surface area contributed by atoms with Crippen LogP contribution in [0.2, 0.25) is 5.02 Å². The fraction of sp³-hybridized carbons (Fsp3) is 0.500. The molecule has 10 nitrogen and oxygen atoms in total. The lowest BCUT2D eigenvalue weighted by Gasteiger charge is -2.37. The number of nitrogens with zero attached hydrogens (tertiary/aromatic N) is 4. The van der Waals surface area contributed by atoms with Crippen LogP contribution >= 0.6 is 11.6 Å². The van der Waals surface area contributed by atoms with E-state index in [0.717, 1.165) is 62.1 Å². The second kappa shape index (κ2) is 9.60. The van der Waals surface area contributed by atoms with Gasteiger partial charge in [-0.1, -0.05) is 11.6 Å². The van der Waals surface area contributed by atoms with Crippen LogP contribution < -0.4 is 15.8 Å². The SMILES string of the molecule is CC1=CC2NC([C@@H]3CCCCN3C(=O)c3cc(Cl)ccc3NS(C)(=O)=O)=CN2N=C1N1CC[C@H](N)C1. The molecule has 12 heteroatoms. The highest BCUT2D eigenvalue weighted by molar-refractivity contribution is 7.92. The Morgan fingerprint density at radius 2 is 2.06 bits per heavy atom. The first-order valence-electron chi connectivity index (χ1n) is 12.2. The molecule has 0 radical (unpaired) electrons. The third kappa shape index (κ3) is 5.05. The van der Waals surface area contributed by atoms with Gasteiger partial charge in [-0.25, -0.2) is 13.4 Å². The highest BCUT2D eigenvalue weighted by atomic mass is 35.5. The van der Waals surface area contributed by atoms with Crippen LogP contribution in [0.4, 0.5) is 5.69 Å². The molecule has 0 spiro atoms. The molecule has 0 aromatic heterocycles. The molecule has 194 valence electrons. The zero-order chi connectivity index (χ0) is 25.6. The molecule has 2 fully saturated rings. The van der Waals surface area contributed by atoms with E-state index in [1.165, 1.54) is 12.1 Å². The molecule has 4 heterocycles. The van der Waals surface area contributed by atoms with Crippen LogP contribution in [0.5, 0.6) is 0 Å².